The second kappa shape index (κ2) is 13.6. The molecule has 1 aromatic carbocycles. The summed E-state index contributed by atoms with van der Waals surface area (Å²) in [6.07, 6.45) is 0.423. The summed E-state index contributed by atoms with van der Waals surface area (Å²) in [4.78, 5) is 18.4. The Bertz CT molecular complexity index is 1550. The largest absolute Gasteiger partial charge is 0.481 e. The van der Waals surface area contributed by atoms with E-state index in [0.29, 0.717) is 30.3 Å². The Balaban J connectivity index is 2.13. The zero-order chi connectivity index (χ0) is 30.6. The van der Waals surface area contributed by atoms with Crippen LogP contribution >= 0.6 is 27.7 Å². The van der Waals surface area contributed by atoms with Gasteiger partial charge in [-0.15, -0.1) is 11.8 Å². The number of ether oxygens (including phenoxy) is 2. The Morgan fingerprint density at radius 3 is 2.38 bits per heavy atom. The molecule has 0 saturated heterocycles. The van der Waals surface area contributed by atoms with Gasteiger partial charge in [-0.2, -0.15) is 0 Å². The summed E-state index contributed by atoms with van der Waals surface area (Å²) < 4.78 is 12.5. The van der Waals surface area contributed by atoms with E-state index in [1.54, 1.807) is 26.0 Å². The quantitative estimate of drug-likeness (QED) is 0.178. The third kappa shape index (κ3) is 6.99. The minimum Gasteiger partial charge on any atom is -0.481 e. The SMILES string of the molecule is CCSc1cc(C(c2cc3cc(Br)ccc3nc2OC)C(O)(CCN(C)C)c2cc(C)nc(OC)c2)cc(N(C)C)n1. The van der Waals surface area contributed by atoms with Crippen LogP contribution in [0, 0.1) is 6.92 Å². The minimum absolute atomic E-state index is 0.423. The fourth-order valence-corrected chi connectivity index (χ4v) is 6.25. The first-order chi connectivity index (χ1) is 20.0. The van der Waals surface area contributed by atoms with Crippen LogP contribution in [0.5, 0.6) is 11.8 Å². The highest BCUT2D eigenvalue weighted by Gasteiger charge is 2.43. The second-order valence-corrected chi connectivity index (χ2v) is 13.0. The minimum atomic E-state index is -1.40. The van der Waals surface area contributed by atoms with Crippen molar-refractivity contribution in [3.63, 3.8) is 0 Å². The maximum Gasteiger partial charge on any atom is 0.217 e. The van der Waals surface area contributed by atoms with Crippen molar-refractivity contribution in [3.8, 4) is 11.8 Å². The number of nitrogens with zero attached hydrogens (tertiary/aromatic N) is 5. The van der Waals surface area contributed by atoms with Crippen LogP contribution in [-0.4, -0.2) is 79.7 Å². The van der Waals surface area contributed by atoms with Crippen molar-refractivity contribution in [2.75, 3.05) is 59.6 Å². The van der Waals surface area contributed by atoms with E-state index < -0.39 is 11.5 Å². The van der Waals surface area contributed by atoms with Crippen molar-refractivity contribution in [2.45, 2.75) is 36.8 Å². The third-order valence-electron chi connectivity index (χ3n) is 7.22. The first-order valence-corrected chi connectivity index (χ1v) is 15.6. The Morgan fingerprint density at radius 1 is 0.976 bits per heavy atom. The lowest BCUT2D eigenvalue weighted by Gasteiger charge is -2.39. The number of aryl methyl sites for hydroxylation is 1. The topological polar surface area (TPSA) is 83.8 Å². The molecule has 224 valence electrons. The number of thioether (sulfide) groups is 1. The summed E-state index contributed by atoms with van der Waals surface area (Å²) in [6, 6.07) is 16.0. The molecule has 8 nitrogen and oxygen atoms in total. The number of fused-ring (bicyclic) bond motifs is 1. The second-order valence-electron chi connectivity index (χ2n) is 10.8. The number of aliphatic hydroxyl groups is 1. The molecule has 3 aromatic heterocycles. The molecule has 0 amide bonds. The summed E-state index contributed by atoms with van der Waals surface area (Å²) in [5.41, 5.74) is 2.56. The number of aromatic nitrogens is 3. The van der Waals surface area contributed by atoms with Crippen LogP contribution in [-0.2, 0) is 5.60 Å². The van der Waals surface area contributed by atoms with Crippen molar-refractivity contribution in [2.24, 2.45) is 0 Å². The van der Waals surface area contributed by atoms with Gasteiger partial charge >= 0.3 is 0 Å². The highest BCUT2D eigenvalue weighted by molar-refractivity contribution is 9.10. The highest BCUT2D eigenvalue weighted by Crippen LogP contribution is 2.49. The molecule has 0 aliphatic rings. The van der Waals surface area contributed by atoms with E-state index in [2.05, 4.69) is 50.9 Å². The number of anilines is 1. The van der Waals surface area contributed by atoms with Crippen molar-refractivity contribution < 1.29 is 14.6 Å². The third-order valence-corrected chi connectivity index (χ3v) is 8.51. The first-order valence-electron chi connectivity index (χ1n) is 13.9. The van der Waals surface area contributed by atoms with Crippen molar-refractivity contribution >= 4 is 44.4 Å². The number of pyridine rings is 3. The molecular formula is C32H40BrN5O3S. The molecule has 0 aliphatic carbocycles. The molecule has 0 aliphatic heterocycles. The Labute approximate surface area is 261 Å². The van der Waals surface area contributed by atoms with Gasteiger partial charge in [-0.25, -0.2) is 15.0 Å². The van der Waals surface area contributed by atoms with Gasteiger partial charge in [-0.1, -0.05) is 22.9 Å². The molecule has 4 rings (SSSR count). The predicted octanol–water partition coefficient (Wildman–Crippen LogP) is 6.26. The van der Waals surface area contributed by atoms with Gasteiger partial charge in [0.25, 0.3) is 0 Å². The zero-order valence-corrected chi connectivity index (χ0v) is 28.0. The summed E-state index contributed by atoms with van der Waals surface area (Å²) in [6.45, 7) is 4.66. The number of benzene rings is 1. The lowest BCUT2D eigenvalue weighted by atomic mass is 9.71. The van der Waals surface area contributed by atoms with E-state index in [1.165, 1.54) is 0 Å². The van der Waals surface area contributed by atoms with Gasteiger partial charge < -0.3 is 24.4 Å². The lowest BCUT2D eigenvalue weighted by Crippen LogP contribution is -2.38. The average molecular weight is 655 g/mol. The van der Waals surface area contributed by atoms with Gasteiger partial charge in [0, 0.05) is 53.7 Å². The molecular weight excluding hydrogens is 614 g/mol. The van der Waals surface area contributed by atoms with Crippen LogP contribution in [0.25, 0.3) is 10.9 Å². The van der Waals surface area contributed by atoms with Crippen LogP contribution in [0.15, 0.2) is 58.0 Å². The average Bonchev–Trinajstić information content (AvgIpc) is 2.95. The molecule has 0 bridgehead atoms. The van der Waals surface area contributed by atoms with Crippen molar-refractivity contribution in [1.82, 2.24) is 19.9 Å². The molecule has 2 atom stereocenters. The Hall–Kier alpha value is -2.92. The Kier molecular flexibility index (Phi) is 10.4. The Morgan fingerprint density at radius 2 is 1.74 bits per heavy atom. The number of hydrogen-bond donors (Lipinski definition) is 1. The van der Waals surface area contributed by atoms with Gasteiger partial charge in [0.1, 0.15) is 11.4 Å². The lowest BCUT2D eigenvalue weighted by molar-refractivity contribution is 0.00340. The van der Waals surface area contributed by atoms with Crippen LogP contribution < -0.4 is 14.4 Å². The maximum absolute atomic E-state index is 13.2. The fourth-order valence-electron chi connectivity index (χ4n) is 5.20. The summed E-state index contributed by atoms with van der Waals surface area (Å²) in [7, 11) is 11.2. The van der Waals surface area contributed by atoms with E-state index in [4.69, 9.17) is 19.4 Å². The van der Waals surface area contributed by atoms with Crippen LogP contribution in [0.2, 0.25) is 0 Å². The first kappa shape index (κ1) is 32.0. The van der Waals surface area contributed by atoms with E-state index >= 15 is 0 Å². The van der Waals surface area contributed by atoms with Crippen LogP contribution in [0.3, 0.4) is 0 Å². The van der Waals surface area contributed by atoms with Gasteiger partial charge in [0.05, 0.1) is 24.8 Å². The number of rotatable bonds is 12. The molecule has 0 saturated carbocycles. The van der Waals surface area contributed by atoms with Crippen molar-refractivity contribution in [1.29, 1.82) is 0 Å². The number of hydrogen-bond acceptors (Lipinski definition) is 9. The zero-order valence-electron chi connectivity index (χ0n) is 25.6. The van der Waals surface area contributed by atoms with Gasteiger partial charge in [0.2, 0.25) is 11.8 Å². The summed E-state index contributed by atoms with van der Waals surface area (Å²) in [5.74, 6) is 2.01. The summed E-state index contributed by atoms with van der Waals surface area (Å²) >= 11 is 5.29. The van der Waals surface area contributed by atoms with E-state index in [-0.39, 0.29) is 0 Å². The molecule has 0 radical (unpaired) electrons. The monoisotopic (exact) mass is 653 g/mol. The van der Waals surface area contributed by atoms with Crippen LogP contribution in [0.1, 0.15) is 41.6 Å². The van der Waals surface area contributed by atoms with Gasteiger partial charge in [-0.05, 0) is 86.8 Å². The smallest absolute Gasteiger partial charge is 0.217 e. The molecule has 0 spiro atoms. The molecule has 10 heteroatoms. The van der Waals surface area contributed by atoms with Gasteiger partial charge in [-0.3, -0.25) is 0 Å². The van der Waals surface area contributed by atoms with Crippen molar-refractivity contribution in [3.05, 3.63) is 75.4 Å². The van der Waals surface area contributed by atoms with E-state index in [0.717, 1.165) is 48.8 Å². The molecule has 4 aromatic rings. The molecule has 2 unspecified atom stereocenters. The molecule has 1 N–H and O–H groups in total. The van der Waals surface area contributed by atoms with E-state index in [9.17, 15) is 5.11 Å². The van der Waals surface area contributed by atoms with E-state index in [1.807, 2.05) is 70.3 Å². The molecule has 42 heavy (non-hydrogen) atoms. The highest BCUT2D eigenvalue weighted by atomic mass is 79.9. The normalized spacial score (nSPS) is 13.7. The van der Waals surface area contributed by atoms with Gasteiger partial charge in [0.15, 0.2) is 0 Å². The number of halogens is 1. The molecule has 0 fully saturated rings. The standard InChI is InChI=1S/C32H40BrN5O3S/c1-9-42-29-18-22(17-27(36-29)38(5)6)30(25-16-21-15-24(33)10-11-26(21)35-31(25)41-8)32(39,12-13-37(3)4)23-14-20(2)34-28(19-23)40-7/h10-11,14-19,30,39H,9,12-13H2,1-8H3. The predicted molar refractivity (Wildman–Crippen MR) is 175 cm³/mol. The summed E-state index contributed by atoms with van der Waals surface area (Å²) in [5, 5.41) is 15.0. The van der Waals surface area contributed by atoms with Crippen LogP contribution in [0.4, 0.5) is 5.82 Å². The molecule has 3 heterocycles. The fraction of sp³-hybridized carbons (Fsp3) is 0.406. The maximum atomic E-state index is 13.2. The number of methoxy groups -OCH3 is 2.